The van der Waals surface area contributed by atoms with Gasteiger partial charge in [-0.2, -0.15) is 0 Å². The molecule has 0 aliphatic heterocycles. The lowest BCUT2D eigenvalue weighted by molar-refractivity contribution is 0.0382. The smallest absolute Gasteiger partial charge is 0.119 e. The van der Waals surface area contributed by atoms with Crippen LogP contribution in [0.15, 0.2) is 18.2 Å². The third-order valence-corrected chi connectivity index (χ3v) is 7.27. The number of aryl methyl sites for hydroxylation is 1. The molecule has 6 atom stereocenters. The molecule has 3 nitrogen and oxygen atoms in total. The predicted octanol–water partition coefficient (Wildman–Crippen LogP) is 3.11. The highest BCUT2D eigenvalue weighted by atomic mass is 16.5. The Bertz CT molecular complexity index is 601. The summed E-state index contributed by atoms with van der Waals surface area (Å²) in [7, 11) is 3.76. The highest BCUT2D eigenvalue weighted by molar-refractivity contribution is 5.40. The minimum Gasteiger partial charge on any atom is -0.497 e. The molecule has 0 unspecified atom stereocenters. The highest BCUT2D eigenvalue weighted by Crippen LogP contribution is 2.60. The van der Waals surface area contributed by atoms with Gasteiger partial charge in [0.05, 0.1) is 13.2 Å². The second-order valence-electron chi connectivity index (χ2n) is 8.09. The number of fused-ring (bicyclic) bond motifs is 5. The zero-order chi connectivity index (χ0) is 16.2. The maximum absolute atomic E-state index is 10.6. The van der Waals surface area contributed by atoms with Gasteiger partial charge in [0.2, 0.25) is 0 Å². The fourth-order valence-corrected chi connectivity index (χ4v) is 6.22. The van der Waals surface area contributed by atoms with Gasteiger partial charge in [0.25, 0.3) is 0 Å². The van der Waals surface area contributed by atoms with Crippen LogP contribution in [0.1, 0.15) is 49.7 Å². The first-order chi connectivity index (χ1) is 11.1. The van der Waals surface area contributed by atoms with Crippen molar-refractivity contribution in [1.29, 1.82) is 0 Å². The number of likely N-dealkylation sites (N-methyl/N-ethyl adjacent to an activating group) is 1. The molecule has 0 amide bonds. The van der Waals surface area contributed by atoms with E-state index in [0.717, 1.165) is 24.5 Å². The number of benzene rings is 1. The molecule has 3 aliphatic rings. The van der Waals surface area contributed by atoms with E-state index in [4.69, 9.17) is 4.74 Å². The molecule has 4 rings (SSSR count). The lowest BCUT2D eigenvalue weighted by atomic mass is 9.55. The maximum Gasteiger partial charge on any atom is 0.119 e. The van der Waals surface area contributed by atoms with E-state index in [1.54, 1.807) is 12.7 Å². The summed E-state index contributed by atoms with van der Waals surface area (Å²) in [5, 5.41) is 14.0. The average molecular weight is 315 g/mol. The van der Waals surface area contributed by atoms with E-state index in [0.29, 0.717) is 11.8 Å². The Kier molecular flexibility index (Phi) is 3.69. The van der Waals surface area contributed by atoms with Gasteiger partial charge in [-0.25, -0.2) is 0 Å². The standard InChI is InChI=1S/C20H29NO2/c1-20-9-8-15-14-7-5-13(23-3)10-12(14)4-6-16(15)17(20)11-18(22)19(20)21-2/h5,7,10,15-19,21-22H,4,6,8-9,11H2,1-3H3/t15-,16-,17+,18-,19+,20+/m1/s1. The summed E-state index contributed by atoms with van der Waals surface area (Å²) >= 11 is 0. The molecular weight excluding hydrogens is 286 g/mol. The molecule has 0 radical (unpaired) electrons. The van der Waals surface area contributed by atoms with E-state index in [9.17, 15) is 5.11 Å². The summed E-state index contributed by atoms with van der Waals surface area (Å²) in [4.78, 5) is 0. The van der Waals surface area contributed by atoms with Crippen molar-refractivity contribution in [3.8, 4) is 5.75 Å². The normalized spacial score (nSPS) is 41.8. The molecule has 1 aromatic carbocycles. The molecule has 0 heterocycles. The molecule has 2 fully saturated rings. The van der Waals surface area contributed by atoms with Gasteiger partial charge in [0.1, 0.15) is 5.75 Å². The lowest BCUT2D eigenvalue weighted by Crippen LogP contribution is -2.49. The van der Waals surface area contributed by atoms with E-state index in [1.807, 2.05) is 7.05 Å². The van der Waals surface area contributed by atoms with Crippen molar-refractivity contribution in [2.75, 3.05) is 14.2 Å². The summed E-state index contributed by atoms with van der Waals surface area (Å²) in [6.07, 6.45) is 5.66. The molecule has 23 heavy (non-hydrogen) atoms. The Hall–Kier alpha value is -1.06. The molecule has 0 aromatic heterocycles. The quantitative estimate of drug-likeness (QED) is 0.881. The first kappa shape index (κ1) is 15.5. The predicted molar refractivity (Wildman–Crippen MR) is 91.8 cm³/mol. The molecule has 3 heteroatoms. The van der Waals surface area contributed by atoms with Crippen molar-refractivity contribution >= 4 is 0 Å². The number of nitrogens with one attached hydrogen (secondary N) is 1. The Labute approximate surface area is 139 Å². The number of methoxy groups -OCH3 is 1. The van der Waals surface area contributed by atoms with Crippen molar-refractivity contribution in [3.63, 3.8) is 0 Å². The van der Waals surface area contributed by atoms with E-state index in [1.165, 1.54) is 24.8 Å². The second-order valence-corrected chi connectivity index (χ2v) is 8.09. The molecule has 3 aliphatic carbocycles. The molecule has 2 N–H and O–H groups in total. The van der Waals surface area contributed by atoms with Crippen LogP contribution in [0, 0.1) is 17.3 Å². The number of aliphatic hydroxyl groups is 1. The number of ether oxygens (including phenoxy) is 1. The summed E-state index contributed by atoms with van der Waals surface area (Å²) in [6.45, 7) is 2.41. The Balaban J connectivity index is 1.67. The van der Waals surface area contributed by atoms with Crippen LogP contribution < -0.4 is 10.1 Å². The van der Waals surface area contributed by atoms with Crippen LogP contribution in [0.25, 0.3) is 0 Å². The van der Waals surface area contributed by atoms with Gasteiger partial charge in [-0.05, 0) is 85.6 Å². The van der Waals surface area contributed by atoms with Crippen LogP contribution in [-0.2, 0) is 6.42 Å². The Morgan fingerprint density at radius 2 is 2.13 bits per heavy atom. The van der Waals surface area contributed by atoms with Crippen molar-refractivity contribution in [2.24, 2.45) is 17.3 Å². The van der Waals surface area contributed by atoms with Crippen LogP contribution in [0.3, 0.4) is 0 Å². The summed E-state index contributed by atoms with van der Waals surface area (Å²) in [5.74, 6) is 3.02. The summed E-state index contributed by atoms with van der Waals surface area (Å²) < 4.78 is 5.40. The third-order valence-electron chi connectivity index (χ3n) is 7.27. The minimum atomic E-state index is -0.189. The lowest BCUT2D eigenvalue weighted by Gasteiger charge is -2.50. The summed E-state index contributed by atoms with van der Waals surface area (Å²) in [5.41, 5.74) is 3.28. The Morgan fingerprint density at radius 1 is 1.30 bits per heavy atom. The van der Waals surface area contributed by atoms with E-state index < -0.39 is 0 Å². The largest absolute Gasteiger partial charge is 0.497 e. The third kappa shape index (κ3) is 2.16. The molecule has 2 saturated carbocycles. The van der Waals surface area contributed by atoms with Crippen LogP contribution in [0.2, 0.25) is 0 Å². The molecular formula is C20H29NO2. The molecule has 0 spiro atoms. The number of hydrogen-bond acceptors (Lipinski definition) is 3. The van der Waals surface area contributed by atoms with Crippen LogP contribution in [0.5, 0.6) is 5.75 Å². The average Bonchev–Trinajstić information content (AvgIpc) is 2.83. The van der Waals surface area contributed by atoms with Crippen LogP contribution in [0.4, 0.5) is 0 Å². The maximum atomic E-state index is 10.6. The van der Waals surface area contributed by atoms with Gasteiger partial charge in [-0.1, -0.05) is 13.0 Å². The molecule has 126 valence electrons. The topological polar surface area (TPSA) is 41.5 Å². The van der Waals surface area contributed by atoms with Crippen molar-refractivity contribution in [1.82, 2.24) is 5.32 Å². The van der Waals surface area contributed by atoms with Gasteiger partial charge < -0.3 is 15.2 Å². The molecule has 1 aromatic rings. The van der Waals surface area contributed by atoms with Gasteiger partial charge in [-0.15, -0.1) is 0 Å². The van der Waals surface area contributed by atoms with Gasteiger partial charge >= 0.3 is 0 Å². The minimum absolute atomic E-state index is 0.189. The van der Waals surface area contributed by atoms with Gasteiger partial charge in [0, 0.05) is 6.04 Å². The second kappa shape index (κ2) is 5.49. The highest BCUT2D eigenvalue weighted by Gasteiger charge is 2.57. The number of rotatable bonds is 2. The van der Waals surface area contributed by atoms with Crippen molar-refractivity contribution < 1.29 is 9.84 Å². The zero-order valence-electron chi connectivity index (χ0n) is 14.5. The van der Waals surface area contributed by atoms with Crippen LogP contribution >= 0.6 is 0 Å². The molecule has 0 bridgehead atoms. The first-order valence-electron chi connectivity index (χ1n) is 9.10. The number of aliphatic hydroxyl groups excluding tert-OH is 1. The van der Waals surface area contributed by atoms with Crippen molar-refractivity contribution in [3.05, 3.63) is 29.3 Å². The van der Waals surface area contributed by atoms with Crippen molar-refractivity contribution in [2.45, 2.75) is 57.1 Å². The SMILES string of the molecule is CN[C@H]1[C@H](O)C[C@H]2[C@@H]3CCc4cc(OC)ccc4[C@H]3CC[C@@]21C. The summed E-state index contributed by atoms with van der Waals surface area (Å²) in [6, 6.07) is 6.91. The van der Waals surface area contributed by atoms with E-state index >= 15 is 0 Å². The monoisotopic (exact) mass is 315 g/mol. The van der Waals surface area contributed by atoms with Crippen LogP contribution in [-0.4, -0.2) is 31.4 Å². The number of hydrogen-bond donors (Lipinski definition) is 2. The fourth-order valence-electron chi connectivity index (χ4n) is 6.22. The van der Waals surface area contributed by atoms with Gasteiger partial charge in [0.15, 0.2) is 0 Å². The van der Waals surface area contributed by atoms with E-state index in [2.05, 4.69) is 30.4 Å². The first-order valence-corrected chi connectivity index (χ1v) is 9.10. The zero-order valence-corrected chi connectivity index (χ0v) is 14.5. The van der Waals surface area contributed by atoms with Gasteiger partial charge in [-0.3, -0.25) is 0 Å². The fraction of sp³-hybridized carbons (Fsp3) is 0.700. The molecule has 0 saturated heterocycles. The Morgan fingerprint density at radius 3 is 2.87 bits per heavy atom. The van der Waals surface area contributed by atoms with E-state index in [-0.39, 0.29) is 17.6 Å².